The van der Waals surface area contributed by atoms with Crippen molar-refractivity contribution in [2.45, 2.75) is 51.6 Å². The van der Waals surface area contributed by atoms with Crippen LogP contribution < -0.4 is 5.32 Å². The minimum atomic E-state index is -0.213. The van der Waals surface area contributed by atoms with Crippen molar-refractivity contribution in [3.05, 3.63) is 24.8 Å². The number of aromatic nitrogens is 4. The van der Waals surface area contributed by atoms with Gasteiger partial charge in [0.05, 0.1) is 23.6 Å². The molecule has 2 aromatic heterocycles. The zero-order chi connectivity index (χ0) is 17.5. The van der Waals surface area contributed by atoms with Gasteiger partial charge < -0.3 is 10.4 Å². The third kappa shape index (κ3) is 4.79. The lowest BCUT2D eigenvalue weighted by molar-refractivity contribution is 0.152. The van der Waals surface area contributed by atoms with Crippen LogP contribution >= 0.6 is 0 Å². The van der Waals surface area contributed by atoms with Gasteiger partial charge in [0.25, 0.3) is 0 Å². The van der Waals surface area contributed by atoms with Crippen molar-refractivity contribution in [1.82, 2.24) is 19.9 Å². The van der Waals surface area contributed by atoms with Crippen LogP contribution in [0, 0.1) is 0 Å². The SMILES string of the molecule is CCCCNc1ncc(-c2cnccn2)c(N=C2CCC(O)CC2)n1. The lowest BCUT2D eigenvalue weighted by Crippen LogP contribution is -2.17. The topological polar surface area (TPSA) is 96.2 Å². The number of nitrogens with zero attached hydrogens (tertiary/aromatic N) is 5. The summed E-state index contributed by atoms with van der Waals surface area (Å²) in [6, 6.07) is 0. The number of hydrogen-bond donors (Lipinski definition) is 2. The molecule has 25 heavy (non-hydrogen) atoms. The predicted molar refractivity (Wildman–Crippen MR) is 98.0 cm³/mol. The molecule has 1 fully saturated rings. The molecule has 7 nitrogen and oxygen atoms in total. The van der Waals surface area contributed by atoms with Crippen molar-refractivity contribution in [2.24, 2.45) is 4.99 Å². The zero-order valence-electron chi connectivity index (χ0n) is 14.5. The number of aliphatic hydroxyl groups is 1. The lowest BCUT2D eigenvalue weighted by Gasteiger charge is -2.18. The molecule has 0 aromatic carbocycles. The molecule has 0 aliphatic heterocycles. The molecular formula is C18H24N6O. The van der Waals surface area contributed by atoms with Crippen LogP contribution in [0.3, 0.4) is 0 Å². The summed E-state index contributed by atoms with van der Waals surface area (Å²) < 4.78 is 0. The van der Waals surface area contributed by atoms with E-state index >= 15 is 0 Å². The number of rotatable bonds is 6. The summed E-state index contributed by atoms with van der Waals surface area (Å²) in [5.41, 5.74) is 2.54. The van der Waals surface area contributed by atoms with E-state index in [1.165, 1.54) is 0 Å². The van der Waals surface area contributed by atoms with Gasteiger partial charge in [0.2, 0.25) is 5.95 Å². The van der Waals surface area contributed by atoms with Gasteiger partial charge in [0.1, 0.15) is 0 Å². The Kier molecular flexibility index (Phi) is 6.00. The number of aliphatic imine (C=N–C) groups is 1. The molecule has 3 rings (SSSR count). The maximum atomic E-state index is 9.68. The van der Waals surface area contributed by atoms with E-state index in [4.69, 9.17) is 4.99 Å². The van der Waals surface area contributed by atoms with E-state index in [-0.39, 0.29) is 6.10 Å². The number of unbranched alkanes of at least 4 members (excludes halogenated alkanes) is 1. The van der Waals surface area contributed by atoms with E-state index in [0.717, 1.165) is 56.3 Å². The van der Waals surface area contributed by atoms with Crippen LogP contribution in [0.4, 0.5) is 11.8 Å². The molecule has 0 atom stereocenters. The lowest BCUT2D eigenvalue weighted by atomic mass is 9.96. The Balaban J connectivity index is 1.90. The van der Waals surface area contributed by atoms with Gasteiger partial charge in [-0.1, -0.05) is 13.3 Å². The highest BCUT2D eigenvalue weighted by atomic mass is 16.3. The monoisotopic (exact) mass is 340 g/mol. The molecule has 7 heteroatoms. The van der Waals surface area contributed by atoms with Crippen molar-refractivity contribution < 1.29 is 5.11 Å². The second kappa shape index (κ2) is 8.62. The van der Waals surface area contributed by atoms with Gasteiger partial charge in [-0.15, -0.1) is 0 Å². The Morgan fingerprint density at radius 1 is 1.20 bits per heavy atom. The van der Waals surface area contributed by atoms with Crippen LogP contribution in [0.5, 0.6) is 0 Å². The van der Waals surface area contributed by atoms with Gasteiger partial charge in [0.15, 0.2) is 5.82 Å². The Labute approximate surface area is 147 Å². The summed E-state index contributed by atoms with van der Waals surface area (Å²) in [5, 5.41) is 12.9. The predicted octanol–water partition coefficient (Wildman–Crippen LogP) is 3.15. The first-order valence-corrected chi connectivity index (χ1v) is 8.88. The molecule has 0 radical (unpaired) electrons. The maximum absolute atomic E-state index is 9.68. The van der Waals surface area contributed by atoms with E-state index in [1.807, 2.05) is 0 Å². The molecule has 0 spiro atoms. The number of nitrogens with one attached hydrogen (secondary N) is 1. The fourth-order valence-electron chi connectivity index (χ4n) is 2.74. The van der Waals surface area contributed by atoms with Gasteiger partial charge in [0, 0.05) is 30.8 Å². The molecular weight excluding hydrogens is 316 g/mol. The molecule has 0 bridgehead atoms. The largest absolute Gasteiger partial charge is 0.393 e. The first kappa shape index (κ1) is 17.4. The molecule has 132 valence electrons. The maximum Gasteiger partial charge on any atom is 0.224 e. The normalized spacial score (nSPS) is 17.4. The third-order valence-electron chi connectivity index (χ3n) is 4.22. The zero-order valence-corrected chi connectivity index (χ0v) is 14.5. The molecule has 2 aromatic rings. The Hall–Kier alpha value is -2.41. The Morgan fingerprint density at radius 3 is 2.76 bits per heavy atom. The molecule has 2 heterocycles. The molecule has 0 unspecified atom stereocenters. The quantitative estimate of drug-likeness (QED) is 0.784. The van der Waals surface area contributed by atoms with E-state index in [1.54, 1.807) is 24.8 Å². The highest BCUT2D eigenvalue weighted by molar-refractivity contribution is 5.89. The first-order valence-electron chi connectivity index (χ1n) is 8.88. The summed E-state index contributed by atoms with van der Waals surface area (Å²) in [6.07, 6.45) is 11.8. The average molecular weight is 340 g/mol. The summed E-state index contributed by atoms with van der Waals surface area (Å²) in [4.78, 5) is 22.2. The molecule has 1 aliphatic rings. The standard InChI is InChI=1S/C18H24N6O/c1-2-3-8-21-18-22-11-15(16-12-19-9-10-20-16)17(24-18)23-13-4-6-14(25)7-5-13/h9-12,14,25H,2-8H2,1H3,(H,21,22,24). The van der Waals surface area contributed by atoms with Gasteiger partial charge in [-0.25, -0.2) is 9.98 Å². The number of hydrogen-bond acceptors (Lipinski definition) is 7. The summed E-state index contributed by atoms with van der Waals surface area (Å²) in [6.45, 7) is 2.98. The van der Waals surface area contributed by atoms with E-state index in [2.05, 4.69) is 32.2 Å². The van der Waals surface area contributed by atoms with Gasteiger partial charge in [-0.3, -0.25) is 9.97 Å². The third-order valence-corrected chi connectivity index (χ3v) is 4.22. The molecule has 1 aliphatic carbocycles. The Bertz CT molecular complexity index is 709. The second-order valence-electron chi connectivity index (χ2n) is 6.21. The summed E-state index contributed by atoms with van der Waals surface area (Å²) >= 11 is 0. The summed E-state index contributed by atoms with van der Waals surface area (Å²) in [7, 11) is 0. The average Bonchev–Trinajstić information content (AvgIpc) is 2.65. The van der Waals surface area contributed by atoms with Gasteiger partial charge in [-0.2, -0.15) is 4.98 Å². The van der Waals surface area contributed by atoms with Crippen LogP contribution in [-0.4, -0.2) is 43.4 Å². The fourth-order valence-corrected chi connectivity index (χ4v) is 2.74. The number of aliphatic hydroxyl groups excluding tert-OH is 1. The molecule has 0 saturated heterocycles. The fraction of sp³-hybridized carbons (Fsp3) is 0.500. The van der Waals surface area contributed by atoms with E-state index in [0.29, 0.717) is 17.5 Å². The van der Waals surface area contributed by atoms with Crippen molar-refractivity contribution >= 4 is 17.5 Å². The van der Waals surface area contributed by atoms with Crippen molar-refractivity contribution in [2.75, 3.05) is 11.9 Å². The van der Waals surface area contributed by atoms with Gasteiger partial charge >= 0.3 is 0 Å². The minimum absolute atomic E-state index is 0.213. The Morgan fingerprint density at radius 2 is 2.04 bits per heavy atom. The molecule has 2 N–H and O–H groups in total. The highest BCUT2D eigenvalue weighted by Crippen LogP contribution is 2.29. The van der Waals surface area contributed by atoms with Gasteiger partial charge in [-0.05, 0) is 32.1 Å². The van der Waals surface area contributed by atoms with Crippen LogP contribution in [0.1, 0.15) is 45.4 Å². The number of anilines is 1. The van der Waals surface area contributed by atoms with Crippen LogP contribution in [0.15, 0.2) is 29.8 Å². The first-order chi connectivity index (χ1) is 12.3. The second-order valence-corrected chi connectivity index (χ2v) is 6.21. The van der Waals surface area contributed by atoms with Crippen LogP contribution in [-0.2, 0) is 0 Å². The van der Waals surface area contributed by atoms with Crippen molar-refractivity contribution in [1.29, 1.82) is 0 Å². The van der Waals surface area contributed by atoms with E-state index in [9.17, 15) is 5.11 Å². The van der Waals surface area contributed by atoms with Crippen LogP contribution in [0.25, 0.3) is 11.3 Å². The molecule has 0 amide bonds. The smallest absolute Gasteiger partial charge is 0.224 e. The van der Waals surface area contributed by atoms with Crippen molar-refractivity contribution in [3.8, 4) is 11.3 Å². The summed E-state index contributed by atoms with van der Waals surface area (Å²) in [5.74, 6) is 1.19. The van der Waals surface area contributed by atoms with E-state index < -0.39 is 0 Å². The minimum Gasteiger partial charge on any atom is -0.393 e. The molecule has 1 saturated carbocycles. The van der Waals surface area contributed by atoms with Crippen LogP contribution in [0.2, 0.25) is 0 Å². The van der Waals surface area contributed by atoms with Crippen molar-refractivity contribution in [3.63, 3.8) is 0 Å². The highest BCUT2D eigenvalue weighted by Gasteiger charge is 2.17.